The minimum atomic E-state index is -0.650. The van der Waals surface area contributed by atoms with Crippen LogP contribution in [-0.4, -0.2) is 23.4 Å². The van der Waals surface area contributed by atoms with E-state index in [1.54, 1.807) is 25.1 Å². The number of hydrogen-bond acceptors (Lipinski definition) is 5. The Kier molecular flexibility index (Phi) is 5.26. The average Bonchev–Trinajstić information content (AvgIpc) is 2.55. The Labute approximate surface area is 138 Å². The lowest BCUT2D eigenvalue weighted by molar-refractivity contribution is -0.383. The molecule has 2 rings (SSSR count). The topological polar surface area (TPSA) is 98.5 Å². The second-order valence-electron chi connectivity index (χ2n) is 5.15. The van der Waals surface area contributed by atoms with Gasteiger partial charge in [0.1, 0.15) is 5.69 Å². The molecular weight excluding hydrogens is 312 g/mol. The maximum absolute atomic E-state index is 12.0. The van der Waals surface area contributed by atoms with E-state index in [-0.39, 0.29) is 11.4 Å². The molecule has 7 heteroatoms. The number of anilines is 1. The van der Waals surface area contributed by atoms with Gasteiger partial charge in [-0.15, -0.1) is 0 Å². The quantitative estimate of drug-likeness (QED) is 0.517. The van der Waals surface area contributed by atoms with Crippen LogP contribution < -0.4 is 5.32 Å². The van der Waals surface area contributed by atoms with E-state index in [1.807, 2.05) is 13.0 Å². The minimum absolute atomic E-state index is 0.0512. The van der Waals surface area contributed by atoms with Crippen molar-refractivity contribution in [2.45, 2.75) is 13.8 Å². The standard InChI is InChI=1S/C17H16N2O5/c1-11-6-5-7-13(12(11)2)17(21)24-10-16(20)18-14-8-3-4-9-15(14)19(22)23/h3-9H,10H2,1-2H3,(H,18,20). The van der Waals surface area contributed by atoms with Gasteiger partial charge in [0, 0.05) is 6.07 Å². The molecule has 24 heavy (non-hydrogen) atoms. The van der Waals surface area contributed by atoms with Crippen molar-refractivity contribution in [3.8, 4) is 0 Å². The van der Waals surface area contributed by atoms with Gasteiger partial charge in [0.05, 0.1) is 10.5 Å². The molecule has 124 valence electrons. The molecule has 0 fully saturated rings. The summed E-state index contributed by atoms with van der Waals surface area (Å²) in [5.41, 5.74) is 1.92. The number of para-hydroxylation sites is 2. The number of carbonyl (C=O) groups is 2. The molecule has 0 aliphatic carbocycles. The van der Waals surface area contributed by atoms with E-state index in [9.17, 15) is 19.7 Å². The van der Waals surface area contributed by atoms with Crippen LogP contribution in [0.2, 0.25) is 0 Å². The maximum Gasteiger partial charge on any atom is 0.338 e. The molecule has 0 unspecified atom stereocenters. The highest BCUT2D eigenvalue weighted by Crippen LogP contribution is 2.23. The number of hydrogen-bond donors (Lipinski definition) is 1. The molecule has 0 saturated carbocycles. The molecule has 2 aromatic carbocycles. The summed E-state index contributed by atoms with van der Waals surface area (Å²) >= 11 is 0. The van der Waals surface area contributed by atoms with Crippen molar-refractivity contribution in [3.63, 3.8) is 0 Å². The summed E-state index contributed by atoms with van der Waals surface area (Å²) < 4.78 is 4.98. The number of aryl methyl sites for hydroxylation is 1. The third-order valence-corrected chi connectivity index (χ3v) is 3.53. The summed E-state index contributed by atoms with van der Waals surface area (Å²) in [6.07, 6.45) is 0. The molecule has 0 bridgehead atoms. The average molecular weight is 328 g/mol. The lowest BCUT2D eigenvalue weighted by Gasteiger charge is -2.09. The van der Waals surface area contributed by atoms with Gasteiger partial charge in [-0.1, -0.05) is 24.3 Å². The predicted molar refractivity (Wildman–Crippen MR) is 87.9 cm³/mol. The number of benzene rings is 2. The van der Waals surface area contributed by atoms with Gasteiger partial charge in [-0.05, 0) is 37.1 Å². The minimum Gasteiger partial charge on any atom is -0.452 e. The lowest BCUT2D eigenvalue weighted by Crippen LogP contribution is -2.21. The number of nitrogens with one attached hydrogen (secondary N) is 1. The first kappa shape index (κ1) is 17.1. The Morgan fingerprint density at radius 3 is 2.54 bits per heavy atom. The molecule has 0 spiro atoms. The zero-order chi connectivity index (χ0) is 17.7. The van der Waals surface area contributed by atoms with Gasteiger partial charge in [0.25, 0.3) is 11.6 Å². The fraction of sp³-hybridized carbons (Fsp3) is 0.176. The Balaban J connectivity index is 2.00. The summed E-state index contributed by atoms with van der Waals surface area (Å²) in [4.78, 5) is 34.2. The highest BCUT2D eigenvalue weighted by Gasteiger charge is 2.17. The number of esters is 1. The van der Waals surface area contributed by atoms with Crippen molar-refractivity contribution >= 4 is 23.3 Å². The van der Waals surface area contributed by atoms with Crippen LogP contribution in [0.1, 0.15) is 21.5 Å². The number of rotatable bonds is 5. The van der Waals surface area contributed by atoms with Gasteiger partial charge in [0.15, 0.2) is 6.61 Å². The van der Waals surface area contributed by atoms with Crippen molar-refractivity contribution in [2.75, 3.05) is 11.9 Å². The molecule has 0 saturated heterocycles. The van der Waals surface area contributed by atoms with Gasteiger partial charge < -0.3 is 10.1 Å². The molecule has 0 aromatic heterocycles. The fourth-order valence-electron chi connectivity index (χ4n) is 2.11. The predicted octanol–water partition coefficient (Wildman–Crippen LogP) is 3.01. The zero-order valence-corrected chi connectivity index (χ0v) is 13.2. The molecule has 0 heterocycles. The van der Waals surface area contributed by atoms with Gasteiger partial charge in [-0.3, -0.25) is 14.9 Å². The number of amides is 1. The Morgan fingerprint density at radius 1 is 1.12 bits per heavy atom. The second-order valence-corrected chi connectivity index (χ2v) is 5.15. The van der Waals surface area contributed by atoms with Crippen molar-refractivity contribution < 1.29 is 19.2 Å². The van der Waals surface area contributed by atoms with E-state index < -0.39 is 23.4 Å². The summed E-state index contributed by atoms with van der Waals surface area (Å²) in [5.74, 6) is -1.27. The van der Waals surface area contributed by atoms with Crippen LogP contribution in [0.4, 0.5) is 11.4 Å². The van der Waals surface area contributed by atoms with Gasteiger partial charge in [-0.25, -0.2) is 4.79 Å². The highest BCUT2D eigenvalue weighted by molar-refractivity contribution is 5.97. The van der Waals surface area contributed by atoms with Crippen LogP contribution in [0.5, 0.6) is 0 Å². The first-order valence-corrected chi connectivity index (χ1v) is 7.16. The van der Waals surface area contributed by atoms with Gasteiger partial charge in [-0.2, -0.15) is 0 Å². The monoisotopic (exact) mass is 328 g/mol. The van der Waals surface area contributed by atoms with Crippen molar-refractivity contribution in [1.29, 1.82) is 0 Å². The first-order chi connectivity index (χ1) is 11.4. The van der Waals surface area contributed by atoms with Crippen molar-refractivity contribution in [2.24, 2.45) is 0 Å². The van der Waals surface area contributed by atoms with E-state index >= 15 is 0 Å². The number of ether oxygens (including phenoxy) is 1. The summed E-state index contributed by atoms with van der Waals surface area (Å²) in [6.45, 7) is 3.13. The van der Waals surface area contributed by atoms with Crippen LogP contribution in [0.15, 0.2) is 42.5 Å². The lowest BCUT2D eigenvalue weighted by atomic mass is 10.0. The van der Waals surface area contributed by atoms with E-state index in [0.29, 0.717) is 5.56 Å². The Morgan fingerprint density at radius 2 is 1.83 bits per heavy atom. The first-order valence-electron chi connectivity index (χ1n) is 7.16. The molecular formula is C17H16N2O5. The van der Waals surface area contributed by atoms with E-state index in [2.05, 4.69) is 5.32 Å². The summed E-state index contributed by atoms with van der Waals surface area (Å²) in [5, 5.41) is 13.3. The van der Waals surface area contributed by atoms with Crippen molar-refractivity contribution in [3.05, 3.63) is 69.3 Å². The maximum atomic E-state index is 12.0. The van der Waals surface area contributed by atoms with Gasteiger partial charge >= 0.3 is 5.97 Å². The number of nitrogens with zero attached hydrogens (tertiary/aromatic N) is 1. The normalized spacial score (nSPS) is 10.1. The zero-order valence-electron chi connectivity index (χ0n) is 13.2. The summed E-state index contributed by atoms with van der Waals surface area (Å²) in [6, 6.07) is 10.9. The van der Waals surface area contributed by atoms with Crippen LogP contribution in [0.3, 0.4) is 0 Å². The molecule has 7 nitrogen and oxygen atoms in total. The third-order valence-electron chi connectivity index (χ3n) is 3.53. The second kappa shape index (κ2) is 7.36. The van der Waals surface area contributed by atoms with Crippen LogP contribution in [-0.2, 0) is 9.53 Å². The summed E-state index contributed by atoms with van der Waals surface area (Å²) in [7, 11) is 0. The Bertz CT molecular complexity index is 801. The van der Waals surface area contributed by atoms with Crippen LogP contribution >= 0.6 is 0 Å². The fourth-order valence-corrected chi connectivity index (χ4v) is 2.11. The van der Waals surface area contributed by atoms with E-state index in [0.717, 1.165) is 11.1 Å². The number of nitro groups is 1. The molecule has 2 aromatic rings. The molecule has 1 amide bonds. The number of carbonyl (C=O) groups excluding carboxylic acids is 2. The van der Waals surface area contributed by atoms with Crippen LogP contribution in [0, 0.1) is 24.0 Å². The smallest absolute Gasteiger partial charge is 0.338 e. The molecule has 0 aliphatic heterocycles. The van der Waals surface area contributed by atoms with Gasteiger partial charge in [0.2, 0.25) is 0 Å². The van der Waals surface area contributed by atoms with Crippen molar-refractivity contribution in [1.82, 2.24) is 0 Å². The van der Waals surface area contributed by atoms with E-state index in [4.69, 9.17) is 4.74 Å². The Hall–Kier alpha value is -3.22. The SMILES string of the molecule is Cc1cccc(C(=O)OCC(=O)Nc2ccccc2[N+](=O)[O-])c1C. The highest BCUT2D eigenvalue weighted by atomic mass is 16.6. The largest absolute Gasteiger partial charge is 0.452 e. The molecule has 0 radical (unpaired) electrons. The number of nitro benzene ring substituents is 1. The third kappa shape index (κ3) is 3.95. The van der Waals surface area contributed by atoms with Crippen LogP contribution in [0.25, 0.3) is 0 Å². The molecule has 0 aliphatic rings. The molecule has 0 atom stereocenters. The van der Waals surface area contributed by atoms with E-state index in [1.165, 1.54) is 18.2 Å². The molecule has 1 N–H and O–H groups in total.